The Kier molecular flexibility index (Phi) is 4.21. The van der Waals surface area contributed by atoms with E-state index in [1.54, 1.807) is 0 Å². The monoisotopic (exact) mass is 270 g/mol. The lowest BCUT2D eigenvalue weighted by Gasteiger charge is -2.31. The molecule has 0 aliphatic rings. The van der Waals surface area contributed by atoms with Gasteiger partial charge in [0, 0.05) is 18.2 Å². The second kappa shape index (κ2) is 5.31. The number of nitro groups is 1. The van der Waals surface area contributed by atoms with E-state index in [4.69, 9.17) is 5.11 Å². The second-order valence-electron chi connectivity index (χ2n) is 4.75. The number of carboxylic acids is 1. The fraction of sp³-hybridized carbons (Fsp3) is 0.417. The molecule has 0 amide bonds. The van der Waals surface area contributed by atoms with Crippen LogP contribution in [0.1, 0.15) is 19.4 Å². The summed E-state index contributed by atoms with van der Waals surface area (Å²) < 4.78 is 13.2. The highest BCUT2D eigenvalue weighted by Crippen LogP contribution is 2.24. The van der Waals surface area contributed by atoms with Crippen molar-refractivity contribution in [3.8, 4) is 0 Å². The molecule has 104 valence electrons. The predicted molar refractivity (Wildman–Crippen MR) is 66.2 cm³/mol. The maximum absolute atomic E-state index is 13.2. The van der Waals surface area contributed by atoms with Crippen molar-refractivity contribution in [2.75, 3.05) is 7.05 Å². The third-order valence-electron chi connectivity index (χ3n) is 3.12. The smallest absolute Gasteiger partial charge is 0.323 e. The average Bonchev–Trinajstić information content (AvgIpc) is 2.28. The summed E-state index contributed by atoms with van der Waals surface area (Å²) >= 11 is 0. The zero-order chi connectivity index (χ0) is 14.8. The van der Waals surface area contributed by atoms with Gasteiger partial charge in [-0.1, -0.05) is 0 Å². The normalized spacial score (nSPS) is 11.6. The lowest BCUT2D eigenvalue weighted by molar-refractivity contribution is -0.385. The van der Waals surface area contributed by atoms with Crippen molar-refractivity contribution in [3.05, 3.63) is 39.7 Å². The molecule has 0 saturated carbocycles. The van der Waals surface area contributed by atoms with Crippen LogP contribution in [-0.2, 0) is 11.3 Å². The van der Waals surface area contributed by atoms with Gasteiger partial charge in [0.2, 0.25) is 0 Å². The third kappa shape index (κ3) is 3.25. The summed E-state index contributed by atoms with van der Waals surface area (Å²) in [7, 11) is 1.52. The van der Waals surface area contributed by atoms with Gasteiger partial charge in [0.05, 0.1) is 4.92 Å². The highest BCUT2D eigenvalue weighted by molar-refractivity contribution is 5.77. The van der Waals surface area contributed by atoms with Gasteiger partial charge in [0.25, 0.3) is 5.69 Å². The van der Waals surface area contributed by atoms with Gasteiger partial charge in [-0.2, -0.15) is 0 Å². The van der Waals surface area contributed by atoms with Crippen LogP contribution in [0.4, 0.5) is 10.1 Å². The van der Waals surface area contributed by atoms with Crippen LogP contribution >= 0.6 is 0 Å². The second-order valence-corrected chi connectivity index (χ2v) is 4.75. The van der Waals surface area contributed by atoms with Gasteiger partial charge < -0.3 is 5.11 Å². The number of hydrogen-bond donors (Lipinski definition) is 1. The van der Waals surface area contributed by atoms with Crippen molar-refractivity contribution in [2.24, 2.45) is 0 Å². The summed E-state index contributed by atoms with van der Waals surface area (Å²) in [4.78, 5) is 22.7. The first-order valence-electron chi connectivity index (χ1n) is 5.53. The first-order valence-corrected chi connectivity index (χ1v) is 5.53. The van der Waals surface area contributed by atoms with Crippen LogP contribution in [0.25, 0.3) is 0 Å². The van der Waals surface area contributed by atoms with Crippen molar-refractivity contribution in [1.82, 2.24) is 4.90 Å². The summed E-state index contributed by atoms with van der Waals surface area (Å²) in [5, 5.41) is 19.9. The van der Waals surface area contributed by atoms with E-state index in [9.17, 15) is 19.3 Å². The minimum atomic E-state index is -1.21. The molecule has 0 aromatic heterocycles. The van der Waals surface area contributed by atoms with Crippen LogP contribution in [0.5, 0.6) is 0 Å². The van der Waals surface area contributed by atoms with Crippen molar-refractivity contribution >= 4 is 11.7 Å². The average molecular weight is 270 g/mol. The number of aliphatic carboxylic acids is 1. The van der Waals surface area contributed by atoms with Gasteiger partial charge >= 0.3 is 5.97 Å². The molecule has 0 atom stereocenters. The Morgan fingerprint density at radius 1 is 1.53 bits per heavy atom. The van der Waals surface area contributed by atoms with Gasteiger partial charge in [-0.25, -0.2) is 4.39 Å². The summed E-state index contributed by atoms with van der Waals surface area (Å²) in [5.74, 6) is -1.66. The first-order chi connectivity index (χ1) is 8.66. The van der Waals surface area contributed by atoms with E-state index in [0.29, 0.717) is 0 Å². The van der Waals surface area contributed by atoms with E-state index >= 15 is 0 Å². The van der Waals surface area contributed by atoms with Crippen molar-refractivity contribution in [2.45, 2.75) is 25.9 Å². The lowest BCUT2D eigenvalue weighted by Crippen LogP contribution is -2.47. The Morgan fingerprint density at radius 3 is 2.58 bits per heavy atom. The molecule has 0 aliphatic carbocycles. The first kappa shape index (κ1) is 15.0. The third-order valence-corrected chi connectivity index (χ3v) is 3.12. The lowest BCUT2D eigenvalue weighted by atomic mass is 10.0. The molecule has 0 saturated heterocycles. The summed E-state index contributed by atoms with van der Waals surface area (Å²) in [6.07, 6.45) is 0. The maximum atomic E-state index is 13.2. The number of rotatable bonds is 5. The van der Waals surface area contributed by atoms with E-state index in [0.717, 1.165) is 18.2 Å². The number of benzene rings is 1. The van der Waals surface area contributed by atoms with Crippen molar-refractivity contribution < 1.29 is 19.2 Å². The molecule has 0 radical (unpaired) electrons. The molecule has 1 rings (SSSR count). The van der Waals surface area contributed by atoms with Crippen LogP contribution in [0.15, 0.2) is 18.2 Å². The Morgan fingerprint density at radius 2 is 2.11 bits per heavy atom. The molecule has 0 spiro atoms. The Labute approximate surface area is 109 Å². The molecule has 1 aromatic rings. The van der Waals surface area contributed by atoms with Gasteiger partial charge in [0.15, 0.2) is 0 Å². The SMILES string of the molecule is CN(Cc1cc(F)ccc1[N+](=O)[O-])C(C)(C)C(=O)O. The molecular weight excluding hydrogens is 255 g/mol. The van der Waals surface area contributed by atoms with Gasteiger partial charge in [0.1, 0.15) is 11.4 Å². The number of carboxylic acid groups (broad SMARTS) is 1. The number of likely N-dealkylation sites (N-methyl/N-ethyl adjacent to an activating group) is 1. The predicted octanol–water partition coefficient (Wildman–Crippen LogP) is 2.03. The Bertz CT molecular complexity index is 516. The topological polar surface area (TPSA) is 83.7 Å². The number of carbonyl (C=O) groups is 1. The molecule has 6 nitrogen and oxygen atoms in total. The quantitative estimate of drug-likeness (QED) is 0.653. The molecule has 0 unspecified atom stereocenters. The standard InChI is InChI=1S/C12H15FN2O4/c1-12(2,11(16)17)14(3)7-8-6-9(13)4-5-10(8)15(18)19/h4-6H,7H2,1-3H3,(H,16,17). The Balaban J connectivity index is 3.09. The minimum Gasteiger partial charge on any atom is -0.480 e. The molecule has 0 fully saturated rings. The van der Waals surface area contributed by atoms with Crippen molar-refractivity contribution in [3.63, 3.8) is 0 Å². The number of nitrogens with zero attached hydrogens (tertiary/aromatic N) is 2. The highest BCUT2D eigenvalue weighted by atomic mass is 19.1. The van der Waals surface area contributed by atoms with Crippen LogP contribution in [0.3, 0.4) is 0 Å². The molecule has 1 aromatic carbocycles. The van der Waals surface area contributed by atoms with Crippen molar-refractivity contribution in [1.29, 1.82) is 0 Å². The fourth-order valence-electron chi connectivity index (χ4n) is 1.48. The molecule has 0 heterocycles. The van der Waals surface area contributed by atoms with Crippen LogP contribution in [-0.4, -0.2) is 33.5 Å². The zero-order valence-electron chi connectivity index (χ0n) is 10.9. The number of nitro benzene ring substituents is 1. The molecular formula is C12H15FN2O4. The van der Waals surface area contributed by atoms with E-state index in [2.05, 4.69) is 0 Å². The largest absolute Gasteiger partial charge is 0.480 e. The fourth-order valence-corrected chi connectivity index (χ4v) is 1.48. The summed E-state index contributed by atoms with van der Waals surface area (Å²) in [6, 6.07) is 3.13. The van der Waals surface area contributed by atoms with Gasteiger partial charge in [-0.15, -0.1) is 0 Å². The molecule has 0 aliphatic heterocycles. The molecule has 0 bridgehead atoms. The zero-order valence-corrected chi connectivity index (χ0v) is 10.9. The van der Waals surface area contributed by atoms with E-state index < -0.39 is 22.2 Å². The Hall–Kier alpha value is -2.02. The maximum Gasteiger partial charge on any atom is 0.323 e. The van der Waals surface area contributed by atoms with Crippen LogP contribution in [0, 0.1) is 15.9 Å². The van der Waals surface area contributed by atoms with Crippen LogP contribution < -0.4 is 0 Å². The summed E-state index contributed by atoms with van der Waals surface area (Å²) in [6.45, 7) is 2.91. The molecule has 19 heavy (non-hydrogen) atoms. The van der Waals surface area contributed by atoms with E-state index in [1.807, 2.05) is 0 Å². The van der Waals surface area contributed by atoms with Crippen LogP contribution in [0.2, 0.25) is 0 Å². The minimum absolute atomic E-state index is 0.0344. The summed E-state index contributed by atoms with van der Waals surface area (Å²) in [5.41, 5.74) is -1.29. The molecule has 1 N–H and O–H groups in total. The van der Waals surface area contributed by atoms with Gasteiger partial charge in [-0.05, 0) is 33.0 Å². The number of halogens is 1. The van der Waals surface area contributed by atoms with E-state index in [-0.39, 0.29) is 17.8 Å². The van der Waals surface area contributed by atoms with E-state index in [1.165, 1.54) is 25.8 Å². The van der Waals surface area contributed by atoms with Gasteiger partial charge in [-0.3, -0.25) is 19.8 Å². The number of hydrogen-bond acceptors (Lipinski definition) is 4. The molecule has 7 heteroatoms. The highest BCUT2D eigenvalue weighted by Gasteiger charge is 2.33.